The number of piperazine rings is 1. The Hall–Kier alpha value is -4.49. The Morgan fingerprint density at radius 2 is 1.74 bits per heavy atom. The number of hydrogen-bond acceptors (Lipinski definition) is 10. The first-order valence-corrected chi connectivity index (χ1v) is 17.8. The number of cyclic esters (lactones) is 1. The van der Waals surface area contributed by atoms with Crippen LogP contribution in [0.5, 0.6) is 0 Å². The molecule has 1 unspecified atom stereocenters. The molecule has 0 aliphatic carbocycles. The molecule has 0 bridgehead atoms. The van der Waals surface area contributed by atoms with Gasteiger partial charge < -0.3 is 19.1 Å². The molecule has 3 aliphatic heterocycles. The average Bonchev–Trinajstić information content (AvgIpc) is 3.59. The molecule has 3 aromatic rings. The largest absolute Gasteiger partial charge is 0.458 e. The molecule has 12 nitrogen and oxygen atoms in total. The van der Waals surface area contributed by atoms with Crippen molar-refractivity contribution in [3.05, 3.63) is 71.9 Å². The van der Waals surface area contributed by atoms with Crippen LogP contribution in [-0.4, -0.2) is 99.3 Å². The molecule has 3 amide bonds. The number of pyridine rings is 1. The summed E-state index contributed by atoms with van der Waals surface area (Å²) in [5.41, 5.74) is -0.635. The van der Waals surface area contributed by atoms with E-state index in [0.717, 1.165) is 10.4 Å². The van der Waals surface area contributed by atoms with E-state index in [2.05, 4.69) is 15.2 Å². The van der Waals surface area contributed by atoms with E-state index in [4.69, 9.17) is 14.2 Å². The van der Waals surface area contributed by atoms with Gasteiger partial charge in [0.2, 0.25) is 0 Å². The Bertz CT molecular complexity index is 1720. The van der Waals surface area contributed by atoms with Crippen molar-refractivity contribution in [3.8, 4) is 10.6 Å². The van der Waals surface area contributed by atoms with Crippen molar-refractivity contribution < 1.29 is 33.4 Å². The number of nitrogens with one attached hydrogen (secondary N) is 1. The number of rotatable bonds is 6. The number of hydrogen-bond donors (Lipinski definition) is 1. The Balaban J connectivity index is 1.14. The summed E-state index contributed by atoms with van der Waals surface area (Å²) in [7, 11) is 0. The van der Waals surface area contributed by atoms with Crippen molar-refractivity contribution >= 4 is 40.4 Å². The van der Waals surface area contributed by atoms with Gasteiger partial charge in [0.25, 0.3) is 5.91 Å². The van der Waals surface area contributed by atoms with Gasteiger partial charge in [-0.1, -0.05) is 36.4 Å². The molecular formula is C37H45N5O7S. The minimum absolute atomic E-state index is 0.0980. The van der Waals surface area contributed by atoms with E-state index in [1.54, 1.807) is 42.8 Å². The van der Waals surface area contributed by atoms with Gasteiger partial charge in [-0.15, -0.1) is 11.3 Å². The summed E-state index contributed by atoms with van der Waals surface area (Å²) in [5, 5.41) is 3.20. The fraction of sp³-hybridized carbons (Fsp3) is 0.486. The normalized spacial score (nSPS) is 21.2. The SMILES string of the molecule is CC(C)(C)OC(=O)Nc1sc(-c2ccccn2)cc1C(=O)N1CCC(N2CCN(C(=O)OCc3ccccc3)C3(C2)CC(C)(C)OC3=O)CC1. The van der Waals surface area contributed by atoms with Crippen LogP contribution in [0.15, 0.2) is 60.8 Å². The Labute approximate surface area is 296 Å². The monoisotopic (exact) mass is 703 g/mol. The van der Waals surface area contributed by atoms with E-state index < -0.39 is 34.9 Å². The van der Waals surface area contributed by atoms with Crippen LogP contribution < -0.4 is 5.32 Å². The molecule has 2 aromatic heterocycles. The number of anilines is 1. The zero-order chi connectivity index (χ0) is 35.7. The molecule has 6 rings (SSSR count). The number of likely N-dealkylation sites (tertiary alicyclic amines) is 1. The summed E-state index contributed by atoms with van der Waals surface area (Å²) in [6, 6.07) is 16.9. The highest BCUT2D eigenvalue weighted by atomic mass is 32.1. The second kappa shape index (κ2) is 14.0. The van der Waals surface area contributed by atoms with E-state index in [1.807, 2.05) is 62.4 Å². The summed E-state index contributed by atoms with van der Waals surface area (Å²) in [4.78, 5) is 64.6. The summed E-state index contributed by atoms with van der Waals surface area (Å²) in [5.74, 6) is -0.598. The second-order valence-corrected chi connectivity index (χ2v) is 15.8. The van der Waals surface area contributed by atoms with E-state index in [0.29, 0.717) is 68.2 Å². The number of esters is 1. The van der Waals surface area contributed by atoms with Crippen LogP contribution in [0.3, 0.4) is 0 Å². The highest BCUT2D eigenvalue weighted by Crippen LogP contribution is 2.42. The maximum Gasteiger partial charge on any atom is 0.412 e. The number of piperidine rings is 1. The number of aromatic nitrogens is 1. The molecule has 0 saturated carbocycles. The lowest BCUT2D eigenvalue weighted by molar-refractivity contribution is -0.156. The van der Waals surface area contributed by atoms with Crippen molar-refractivity contribution in [2.45, 2.75) is 83.3 Å². The van der Waals surface area contributed by atoms with Gasteiger partial charge in [-0.05, 0) is 71.2 Å². The molecule has 1 spiro atoms. The fourth-order valence-electron chi connectivity index (χ4n) is 7.08. The first-order chi connectivity index (χ1) is 23.7. The van der Waals surface area contributed by atoms with Gasteiger partial charge in [0.1, 0.15) is 22.8 Å². The maximum atomic E-state index is 14.0. The van der Waals surface area contributed by atoms with Crippen LogP contribution >= 0.6 is 11.3 Å². The minimum atomic E-state index is -1.16. The number of thiophene rings is 1. The van der Waals surface area contributed by atoms with Crippen molar-refractivity contribution in [2.24, 2.45) is 0 Å². The number of benzene rings is 1. The van der Waals surface area contributed by atoms with Crippen molar-refractivity contribution in [2.75, 3.05) is 38.0 Å². The van der Waals surface area contributed by atoms with E-state index in [9.17, 15) is 19.2 Å². The molecule has 13 heteroatoms. The smallest absolute Gasteiger partial charge is 0.412 e. The zero-order valence-electron chi connectivity index (χ0n) is 29.3. The van der Waals surface area contributed by atoms with Crippen LogP contribution in [0.1, 0.15) is 69.8 Å². The molecule has 3 fully saturated rings. The standard InChI is InChI=1S/C37H45N5O7S/c1-35(2,3)49-33(45)39-30-27(21-29(50-30)28-13-9-10-16-38-28)31(43)40-17-14-26(15-18-40)41-19-20-42(34(46)47-22-25-11-7-6-8-12-25)37(24-41)23-36(4,5)48-32(37)44/h6-13,16,21,26H,14-15,17-20,22-24H2,1-5H3,(H,39,45). The van der Waals surface area contributed by atoms with Crippen LogP contribution in [0, 0.1) is 0 Å². The van der Waals surface area contributed by atoms with Gasteiger partial charge in [-0.25, -0.2) is 14.4 Å². The molecule has 3 saturated heterocycles. The molecule has 1 atom stereocenters. The Kier molecular flexibility index (Phi) is 9.91. The fourth-order valence-corrected chi connectivity index (χ4v) is 8.09. The highest BCUT2D eigenvalue weighted by molar-refractivity contribution is 7.20. The van der Waals surface area contributed by atoms with Gasteiger partial charge in [0.15, 0.2) is 5.54 Å². The van der Waals surface area contributed by atoms with Crippen molar-refractivity contribution in [3.63, 3.8) is 0 Å². The highest BCUT2D eigenvalue weighted by Gasteiger charge is 2.60. The Morgan fingerprint density at radius 1 is 1.02 bits per heavy atom. The number of carbonyl (C=O) groups excluding carboxylic acids is 4. The van der Waals surface area contributed by atoms with E-state index in [-0.39, 0.29) is 18.6 Å². The third-order valence-corrected chi connectivity index (χ3v) is 10.3. The predicted octanol–water partition coefficient (Wildman–Crippen LogP) is 6.18. The summed E-state index contributed by atoms with van der Waals surface area (Å²) < 4.78 is 17.0. The molecule has 3 aliphatic rings. The van der Waals surface area contributed by atoms with E-state index >= 15 is 0 Å². The summed E-state index contributed by atoms with van der Waals surface area (Å²) in [6.07, 6.45) is 2.25. The topological polar surface area (TPSA) is 131 Å². The third kappa shape index (κ3) is 7.78. The molecule has 266 valence electrons. The van der Waals surface area contributed by atoms with Gasteiger partial charge in [0.05, 0.1) is 16.1 Å². The van der Waals surface area contributed by atoms with Crippen LogP contribution in [-0.2, 0) is 25.6 Å². The van der Waals surface area contributed by atoms with Crippen molar-refractivity contribution in [1.29, 1.82) is 0 Å². The Morgan fingerprint density at radius 3 is 2.38 bits per heavy atom. The number of nitrogens with zero attached hydrogens (tertiary/aromatic N) is 4. The lowest BCUT2D eigenvalue weighted by Gasteiger charge is -2.49. The number of carbonyl (C=O) groups is 4. The lowest BCUT2D eigenvalue weighted by atomic mass is 9.85. The molecule has 1 N–H and O–H groups in total. The molecule has 50 heavy (non-hydrogen) atoms. The summed E-state index contributed by atoms with van der Waals surface area (Å²) in [6.45, 7) is 11.4. The predicted molar refractivity (Wildman–Crippen MR) is 189 cm³/mol. The van der Waals surface area contributed by atoms with Crippen LogP contribution in [0.2, 0.25) is 0 Å². The molecule has 0 radical (unpaired) electrons. The van der Waals surface area contributed by atoms with Gasteiger partial charge in [0, 0.05) is 51.4 Å². The third-order valence-electron chi connectivity index (χ3n) is 9.25. The molecule has 1 aromatic carbocycles. The quantitative estimate of drug-likeness (QED) is 0.236. The first kappa shape index (κ1) is 35.3. The number of ether oxygens (including phenoxy) is 3. The van der Waals surface area contributed by atoms with E-state index in [1.165, 1.54) is 11.3 Å². The van der Waals surface area contributed by atoms with Gasteiger partial charge in [-0.2, -0.15) is 0 Å². The van der Waals surface area contributed by atoms with Crippen LogP contribution in [0.25, 0.3) is 10.6 Å². The maximum absolute atomic E-state index is 14.0. The zero-order valence-corrected chi connectivity index (χ0v) is 30.1. The second-order valence-electron chi connectivity index (χ2n) is 14.7. The molecular weight excluding hydrogens is 659 g/mol. The van der Waals surface area contributed by atoms with Gasteiger partial charge in [-0.3, -0.25) is 24.9 Å². The lowest BCUT2D eigenvalue weighted by Crippen LogP contribution is -2.68. The minimum Gasteiger partial charge on any atom is -0.458 e. The van der Waals surface area contributed by atoms with Gasteiger partial charge >= 0.3 is 18.2 Å². The molecule has 5 heterocycles. The average molecular weight is 704 g/mol. The van der Waals surface area contributed by atoms with Crippen LogP contribution in [0.4, 0.5) is 14.6 Å². The first-order valence-electron chi connectivity index (χ1n) is 17.0. The van der Waals surface area contributed by atoms with Crippen molar-refractivity contribution in [1.82, 2.24) is 19.7 Å². The summed E-state index contributed by atoms with van der Waals surface area (Å²) >= 11 is 1.28. The number of amides is 3.